The van der Waals surface area contributed by atoms with Gasteiger partial charge >= 0.3 is 0 Å². The zero-order valence-electron chi connectivity index (χ0n) is 17.7. The average molecular weight is 534 g/mol. The smallest absolute Gasteiger partial charge is 0.153 e. The molecule has 2 saturated heterocycles. The number of ether oxygens (including phenoxy) is 1. The van der Waals surface area contributed by atoms with Gasteiger partial charge < -0.3 is 25.5 Å². The van der Waals surface area contributed by atoms with Crippen LogP contribution >= 0.6 is 22.6 Å². The van der Waals surface area contributed by atoms with E-state index in [1.807, 2.05) is 32.0 Å². The van der Waals surface area contributed by atoms with Crippen LogP contribution in [0.25, 0.3) is 22.3 Å². The number of aromatic nitrogens is 4. The van der Waals surface area contributed by atoms with Gasteiger partial charge in [-0.25, -0.2) is 15.0 Å². The van der Waals surface area contributed by atoms with Crippen molar-refractivity contribution in [1.29, 1.82) is 0 Å². The third-order valence-electron chi connectivity index (χ3n) is 6.72. The fourth-order valence-electron chi connectivity index (χ4n) is 4.82. The van der Waals surface area contributed by atoms with Crippen molar-refractivity contribution < 1.29 is 9.84 Å². The second-order valence-electron chi connectivity index (χ2n) is 8.68. The number of nitrogens with one attached hydrogen (secondary N) is 1. The van der Waals surface area contributed by atoms with Gasteiger partial charge in [-0.2, -0.15) is 0 Å². The first kappa shape index (κ1) is 21.0. The topological polar surface area (TPSA) is 113 Å². The minimum Gasteiger partial charge on any atom is -0.390 e. The number of aliphatic hydroxyl groups excluding tert-OH is 1. The minimum atomic E-state index is -0.152. The Balaban J connectivity index is 1.43. The van der Waals surface area contributed by atoms with Gasteiger partial charge in [-0.05, 0) is 61.4 Å². The number of H-pyrrole nitrogens is 1. The summed E-state index contributed by atoms with van der Waals surface area (Å²) in [6, 6.07) is 6.09. The molecule has 5 rings (SSSR count). The highest BCUT2D eigenvalue weighted by Crippen LogP contribution is 2.43. The zero-order chi connectivity index (χ0) is 21.8. The fourth-order valence-corrected chi connectivity index (χ4v) is 5.77. The lowest BCUT2D eigenvalue weighted by Crippen LogP contribution is -2.50. The summed E-state index contributed by atoms with van der Waals surface area (Å²) < 4.78 is 5.91. The predicted molar refractivity (Wildman–Crippen MR) is 128 cm³/mol. The fraction of sp³-hybridized carbons (Fsp3) is 0.500. The van der Waals surface area contributed by atoms with Crippen LogP contribution in [0.1, 0.15) is 30.1 Å². The van der Waals surface area contributed by atoms with E-state index in [-0.39, 0.29) is 22.2 Å². The number of aliphatic hydroxyl groups is 1. The molecule has 3 aromatic rings. The van der Waals surface area contributed by atoms with Crippen molar-refractivity contribution in [3.8, 4) is 11.3 Å². The van der Waals surface area contributed by atoms with Crippen LogP contribution in [0.2, 0.25) is 0 Å². The van der Waals surface area contributed by atoms with E-state index in [1.165, 1.54) is 0 Å². The number of hydrogen-bond acceptors (Lipinski definition) is 7. The summed E-state index contributed by atoms with van der Waals surface area (Å²) in [5, 5.41) is 10.1. The molecule has 9 heteroatoms. The zero-order valence-corrected chi connectivity index (χ0v) is 19.9. The summed E-state index contributed by atoms with van der Waals surface area (Å²) >= 11 is 2.30. The largest absolute Gasteiger partial charge is 0.390 e. The van der Waals surface area contributed by atoms with E-state index in [0.29, 0.717) is 5.69 Å². The van der Waals surface area contributed by atoms with Gasteiger partial charge in [0.15, 0.2) is 5.82 Å². The van der Waals surface area contributed by atoms with Gasteiger partial charge in [0.05, 0.1) is 35.6 Å². The number of alkyl halides is 1. The summed E-state index contributed by atoms with van der Waals surface area (Å²) in [6.07, 6.45) is 1.91. The lowest BCUT2D eigenvalue weighted by atomic mass is 9.75. The Morgan fingerprint density at radius 3 is 2.71 bits per heavy atom. The highest BCUT2D eigenvalue weighted by atomic mass is 127. The molecule has 0 unspecified atom stereocenters. The van der Waals surface area contributed by atoms with E-state index in [0.717, 1.165) is 72.2 Å². The van der Waals surface area contributed by atoms with Crippen LogP contribution in [-0.2, 0) is 11.3 Å². The molecule has 0 radical (unpaired) electrons. The molecule has 2 fully saturated rings. The molecule has 2 atom stereocenters. The molecular formula is C22H27IN6O2. The second-order valence-corrected chi connectivity index (χ2v) is 9.91. The van der Waals surface area contributed by atoms with Crippen LogP contribution in [0, 0.1) is 19.3 Å². The lowest BCUT2D eigenvalue weighted by molar-refractivity contribution is 0.127. The van der Waals surface area contributed by atoms with E-state index in [2.05, 4.69) is 37.5 Å². The average Bonchev–Trinajstić information content (AvgIpc) is 3.28. The van der Waals surface area contributed by atoms with Gasteiger partial charge in [0.25, 0.3) is 0 Å². The van der Waals surface area contributed by atoms with Crippen molar-refractivity contribution in [1.82, 2.24) is 19.9 Å². The number of anilines is 1. The van der Waals surface area contributed by atoms with Crippen molar-refractivity contribution in [3.63, 3.8) is 0 Å². The molecule has 1 aromatic carbocycles. The van der Waals surface area contributed by atoms with Crippen LogP contribution in [0.15, 0.2) is 18.2 Å². The molecule has 2 aliphatic rings. The van der Waals surface area contributed by atoms with Gasteiger partial charge in [0.1, 0.15) is 15.6 Å². The molecule has 4 N–H and O–H groups in total. The number of nitrogens with zero attached hydrogens (tertiary/aromatic N) is 4. The monoisotopic (exact) mass is 534 g/mol. The number of halogens is 1. The van der Waals surface area contributed by atoms with Gasteiger partial charge in [0.2, 0.25) is 0 Å². The molecule has 31 heavy (non-hydrogen) atoms. The van der Waals surface area contributed by atoms with E-state index in [1.54, 1.807) is 0 Å². The standard InChI is InChI=1S/C22H27IN6O2/c1-12-18(14-3-4-15-16(9-14)27-13(2)26-15)28-17(10-30)21(25-12)29-7-5-22(6-8-29)11-31-20(23)19(22)24/h3-4,9,19-20,30H,5-8,10-11,24H2,1-2H3,(H,26,27)/t19-,20-/m1/s1. The summed E-state index contributed by atoms with van der Waals surface area (Å²) in [4.78, 5) is 19.7. The Morgan fingerprint density at radius 2 is 2.03 bits per heavy atom. The first-order valence-electron chi connectivity index (χ1n) is 10.6. The quantitative estimate of drug-likeness (QED) is 0.350. The molecule has 1 spiro atoms. The van der Waals surface area contributed by atoms with Crippen molar-refractivity contribution in [2.75, 3.05) is 24.6 Å². The molecule has 2 aliphatic heterocycles. The number of fused-ring (bicyclic) bond motifs is 1. The molecule has 0 amide bonds. The summed E-state index contributed by atoms with van der Waals surface area (Å²) in [5.41, 5.74) is 11.6. The molecule has 0 bridgehead atoms. The molecular weight excluding hydrogens is 507 g/mol. The Hall–Kier alpha value is -1.82. The van der Waals surface area contributed by atoms with E-state index < -0.39 is 0 Å². The normalized spacial score (nSPS) is 23.2. The number of aromatic amines is 1. The lowest BCUT2D eigenvalue weighted by Gasteiger charge is -2.41. The Kier molecular flexibility index (Phi) is 5.40. The first-order valence-corrected chi connectivity index (χ1v) is 11.9. The van der Waals surface area contributed by atoms with E-state index in [9.17, 15) is 5.11 Å². The van der Waals surface area contributed by atoms with Gasteiger partial charge in [-0.1, -0.05) is 6.07 Å². The van der Waals surface area contributed by atoms with Gasteiger partial charge in [-0.15, -0.1) is 0 Å². The van der Waals surface area contributed by atoms with Crippen LogP contribution in [0.3, 0.4) is 0 Å². The number of benzene rings is 1. The highest BCUT2D eigenvalue weighted by molar-refractivity contribution is 14.1. The maximum atomic E-state index is 10.1. The molecule has 0 aliphatic carbocycles. The first-order chi connectivity index (χ1) is 14.9. The second kappa shape index (κ2) is 7.95. The SMILES string of the molecule is Cc1nc2ccc(-c3nc(CO)c(N4CCC5(CC4)CO[C@@H](I)[C@H]5N)nc3C)cc2[nH]1. The predicted octanol–water partition coefficient (Wildman–Crippen LogP) is 2.83. The molecule has 2 aromatic heterocycles. The maximum Gasteiger partial charge on any atom is 0.153 e. The molecule has 4 heterocycles. The number of aryl methyl sites for hydroxylation is 2. The Morgan fingerprint density at radius 1 is 1.26 bits per heavy atom. The number of rotatable bonds is 3. The van der Waals surface area contributed by atoms with Gasteiger partial charge in [-0.3, -0.25) is 0 Å². The van der Waals surface area contributed by atoms with Crippen molar-refractivity contribution in [3.05, 3.63) is 35.4 Å². The maximum absolute atomic E-state index is 10.1. The van der Waals surface area contributed by atoms with Crippen molar-refractivity contribution in [2.45, 2.75) is 43.4 Å². The number of piperidine rings is 1. The third-order valence-corrected chi connectivity index (χ3v) is 7.86. The van der Waals surface area contributed by atoms with Gasteiger partial charge in [0, 0.05) is 30.1 Å². The molecule has 0 saturated carbocycles. The van der Waals surface area contributed by atoms with E-state index >= 15 is 0 Å². The van der Waals surface area contributed by atoms with Crippen LogP contribution in [-0.4, -0.2) is 54.9 Å². The van der Waals surface area contributed by atoms with Crippen molar-refractivity contribution in [2.24, 2.45) is 11.1 Å². The van der Waals surface area contributed by atoms with E-state index in [4.69, 9.17) is 20.4 Å². The number of nitrogens with two attached hydrogens (primary N) is 1. The number of hydrogen-bond donors (Lipinski definition) is 3. The Bertz CT molecular complexity index is 1120. The summed E-state index contributed by atoms with van der Waals surface area (Å²) in [5.74, 6) is 1.65. The van der Waals surface area contributed by atoms with Crippen LogP contribution in [0.4, 0.5) is 5.82 Å². The molecule has 164 valence electrons. The number of imidazole rings is 1. The third kappa shape index (κ3) is 3.61. The van der Waals surface area contributed by atoms with Crippen LogP contribution < -0.4 is 10.6 Å². The minimum absolute atomic E-state index is 0.0434. The summed E-state index contributed by atoms with van der Waals surface area (Å²) in [7, 11) is 0. The highest BCUT2D eigenvalue weighted by Gasteiger charge is 2.48. The van der Waals surface area contributed by atoms with Crippen LogP contribution in [0.5, 0.6) is 0 Å². The molecule has 8 nitrogen and oxygen atoms in total. The van der Waals surface area contributed by atoms with Crippen molar-refractivity contribution >= 4 is 39.4 Å². The summed E-state index contributed by atoms with van der Waals surface area (Å²) in [6.45, 7) is 6.16. The Labute approximate surface area is 194 Å².